The second-order valence-electron chi connectivity index (χ2n) is 12.9. The molecule has 0 aromatic heterocycles. The average Bonchev–Trinajstić information content (AvgIpc) is 3.12. The molecular formula is C42H30BN3O3. The summed E-state index contributed by atoms with van der Waals surface area (Å²) in [6, 6.07) is 40.4. The maximum Gasteiger partial charge on any atom is 0.263 e. The quantitative estimate of drug-likeness (QED) is 0.197. The van der Waals surface area contributed by atoms with Crippen LogP contribution in [0.1, 0.15) is 47.8 Å². The number of aryl methyl sites for hydroxylation is 3. The molecule has 9 rings (SSSR count). The molecule has 6 aromatic carbocycles. The summed E-state index contributed by atoms with van der Waals surface area (Å²) in [4.78, 5) is 49.7. The Hall–Kier alpha value is -6.21. The maximum atomic E-state index is 14.8. The van der Waals surface area contributed by atoms with Crippen molar-refractivity contribution in [3.63, 3.8) is 0 Å². The standard InChI is InChI=1S/C42H30BN3O3/c1-25-13-4-7-16-28(25)40(47)44-31-19-10-21-33-37(31)43-38-32(44)20-11-22-34(38)46(42(49)30-18-9-6-15-27(30)3)36-24-12-23-35(39(36)43)45(33)41(48)29-17-8-5-14-26(29)2/h4-24H,1-3H3. The number of benzene rings is 6. The highest BCUT2D eigenvalue weighted by atomic mass is 16.2. The van der Waals surface area contributed by atoms with Gasteiger partial charge < -0.3 is 0 Å². The summed E-state index contributed by atoms with van der Waals surface area (Å²) in [7, 11) is 0. The van der Waals surface area contributed by atoms with E-state index in [0.29, 0.717) is 16.7 Å². The number of carbonyl (C=O) groups is 3. The molecule has 234 valence electrons. The molecule has 0 atom stereocenters. The summed E-state index contributed by atoms with van der Waals surface area (Å²) in [5, 5.41) is 0. The number of rotatable bonds is 3. The molecule has 3 aliphatic rings. The Labute approximate surface area is 284 Å². The lowest BCUT2D eigenvalue weighted by Gasteiger charge is -2.47. The van der Waals surface area contributed by atoms with E-state index in [0.717, 1.165) is 67.2 Å². The van der Waals surface area contributed by atoms with Gasteiger partial charge >= 0.3 is 0 Å². The zero-order valence-electron chi connectivity index (χ0n) is 27.3. The van der Waals surface area contributed by atoms with E-state index in [1.807, 2.05) is 148 Å². The Morgan fingerprint density at radius 3 is 0.857 bits per heavy atom. The van der Waals surface area contributed by atoms with E-state index in [9.17, 15) is 14.4 Å². The normalized spacial score (nSPS) is 13.3. The maximum absolute atomic E-state index is 14.8. The third kappa shape index (κ3) is 3.99. The van der Waals surface area contributed by atoms with Crippen molar-refractivity contribution >= 4 is 74.9 Å². The second-order valence-corrected chi connectivity index (χ2v) is 12.9. The molecule has 0 fully saturated rings. The van der Waals surface area contributed by atoms with Crippen molar-refractivity contribution in [1.29, 1.82) is 0 Å². The van der Waals surface area contributed by atoms with E-state index in [1.54, 1.807) is 14.7 Å². The first-order valence-corrected chi connectivity index (χ1v) is 16.5. The minimum absolute atomic E-state index is 0.170. The highest BCUT2D eigenvalue weighted by Gasteiger charge is 2.51. The van der Waals surface area contributed by atoms with E-state index in [2.05, 4.69) is 0 Å². The van der Waals surface area contributed by atoms with Gasteiger partial charge in [-0.05, 0) is 108 Å². The van der Waals surface area contributed by atoms with Gasteiger partial charge in [0.1, 0.15) is 0 Å². The van der Waals surface area contributed by atoms with E-state index < -0.39 is 0 Å². The van der Waals surface area contributed by atoms with Gasteiger partial charge in [0.05, 0.1) is 0 Å². The first kappa shape index (κ1) is 29.0. The van der Waals surface area contributed by atoms with Crippen LogP contribution >= 0.6 is 0 Å². The van der Waals surface area contributed by atoms with Crippen LogP contribution in [0.2, 0.25) is 0 Å². The van der Waals surface area contributed by atoms with Gasteiger partial charge in [-0.25, -0.2) is 0 Å². The van der Waals surface area contributed by atoms with Crippen LogP contribution in [0.25, 0.3) is 0 Å². The van der Waals surface area contributed by atoms with Crippen LogP contribution in [0.15, 0.2) is 127 Å². The fraction of sp³-hybridized carbons (Fsp3) is 0.0714. The summed E-state index contributed by atoms with van der Waals surface area (Å²) in [6.45, 7) is 5.50. The molecule has 0 spiro atoms. The Balaban J connectivity index is 1.38. The Bertz CT molecular complexity index is 2100. The van der Waals surface area contributed by atoms with Gasteiger partial charge in [-0.2, -0.15) is 0 Å². The Morgan fingerprint density at radius 1 is 0.367 bits per heavy atom. The molecule has 6 nitrogen and oxygen atoms in total. The van der Waals surface area contributed by atoms with Gasteiger partial charge in [0.15, 0.2) is 0 Å². The molecule has 0 aliphatic carbocycles. The van der Waals surface area contributed by atoms with Crippen molar-refractivity contribution in [3.05, 3.63) is 161 Å². The zero-order chi connectivity index (χ0) is 33.6. The Kier molecular flexibility index (Phi) is 6.30. The molecule has 3 aliphatic heterocycles. The third-order valence-corrected chi connectivity index (χ3v) is 10.2. The van der Waals surface area contributed by atoms with Crippen LogP contribution in [0.5, 0.6) is 0 Å². The topological polar surface area (TPSA) is 60.9 Å². The number of carbonyl (C=O) groups excluding carboxylic acids is 3. The smallest absolute Gasteiger partial charge is 0.263 e. The molecule has 0 saturated heterocycles. The van der Waals surface area contributed by atoms with Crippen LogP contribution in [-0.4, -0.2) is 24.4 Å². The van der Waals surface area contributed by atoms with Crippen LogP contribution in [0.3, 0.4) is 0 Å². The van der Waals surface area contributed by atoms with Crippen molar-refractivity contribution in [2.24, 2.45) is 0 Å². The van der Waals surface area contributed by atoms with E-state index in [1.165, 1.54) is 0 Å². The average molecular weight is 636 g/mol. The van der Waals surface area contributed by atoms with Crippen molar-refractivity contribution in [1.82, 2.24) is 0 Å². The number of anilines is 6. The van der Waals surface area contributed by atoms with Crippen LogP contribution in [-0.2, 0) is 0 Å². The predicted molar refractivity (Wildman–Crippen MR) is 197 cm³/mol. The van der Waals surface area contributed by atoms with Gasteiger partial charge in [-0.1, -0.05) is 72.8 Å². The summed E-state index contributed by atoms with van der Waals surface area (Å²) in [6.07, 6.45) is 0. The molecule has 49 heavy (non-hydrogen) atoms. The fourth-order valence-electron chi connectivity index (χ4n) is 7.96. The van der Waals surface area contributed by atoms with Gasteiger partial charge in [0.25, 0.3) is 24.4 Å². The second kappa shape index (κ2) is 10.7. The molecule has 0 unspecified atom stereocenters. The SMILES string of the molecule is Cc1ccccc1C(=O)N1c2cccc3c2B2c4c1cccc4N(C(=O)c1ccccc1C)c1cccc(c12)N3C(=O)c1ccccc1C. The Morgan fingerprint density at radius 2 is 0.612 bits per heavy atom. The van der Waals surface area contributed by atoms with Gasteiger partial charge in [0.2, 0.25) is 0 Å². The highest BCUT2D eigenvalue weighted by molar-refractivity contribution is 7.03. The largest absolute Gasteiger partial charge is 0.278 e. The molecular weight excluding hydrogens is 605 g/mol. The summed E-state index contributed by atoms with van der Waals surface area (Å²) in [5.41, 5.74) is 11.3. The molecule has 3 heterocycles. The van der Waals surface area contributed by atoms with E-state index in [4.69, 9.17) is 0 Å². The summed E-state index contributed by atoms with van der Waals surface area (Å²) >= 11 is 0. The van der Waals surface area contributed by atoms with E-state index >= 15 is 0 Å². The monoisotopic (exact) mass is 635 g/mol. The molecule has 0 radical (unpaired) electrons. The lowest BCUT2D eigenvalue weighted by atomic mass is 9.32. The number of nitrogens with zero attached hydrogens (tertiary/aromatic N) is 3. The number of hydrogen-bond acceptors (Lipinski definition) is 3. The molecule has 0 bridgehead atoms. The van der Waals surface area contributed by atoms with Crippen molar-refractivity contribution in [2.45, 2.75) is 20.8 Å². The van der Waals surface area contributed by atoms with Crippen LogP contribution in [0.4, 0.5) is 34.1 Å². The number of amides is 3. The minimum Gasteiger partial charge on any atom is -0.278 e. The van der Waals surface area contributed by atoms with Gasteiger partial charge in [-0.3, -0.25) is 29.1 Å². The van der Waals surface area contributed by atoms with Crippen molar-refractivity contribution in [3.8, 4) is 0 Å². The van der Waals surface area contributed by atoms with Gasteiger partial charge in [-0.15, -0.1) is 0 Å². The van der Waals surface area contributed by atoms with E-state index in [-0.39, 0.29) is 24.4 Å². The minimum atomic E-state index is -0.314. The van der Waals surface area contributed by atoms with Crippen molar-refractivity contribution < 1.29 is 14.4 Å². The van der Waals surface area contributed by atoms with Gasteiger partial charge in [0, 0.05) is 50.8 Å². The van der Waals surface area contributed by atoms with Crippen LogP contribution < -0.4 is 31.1 Å². The third-order valence-electron chi connectivity index (χ3n) is 10.2. The molecule has 0 saturated carbocycles. The molecule has 7 heteroatoms. The number of hydrogen-bond donors (Lipinski definition) is 0. The zero-order valence-corrected chi connectivity index (χ0v) is 27.3. The lowest BCUT2D eigenvalue weighted by Crippen LogP contribution is -2.67. The summed E-state index contributed by atoms with van der Waals surface area (Å²) < 4.78 is 0. The van der Waals surface area contributed by atoms with Crippen LogP contribution in [0, 0.1) is 20.8 Å². The molecule has 0 N–H and O–H groups in total. The molecule has 3 amide bonds. The highest BCUT2D eigenvalue weighted by Crippen LogP contribution is 2.45. The lowest BCUT2D eigenvalue weighted by molar-refractivity contribution is 0.0992. The van der Waals surface area contributed by atoms with Crippen molar-refractivity contribution in [2.75, 3.05) is 14.7 Å². The molecule has 6 aromatic rings. The first-order chi connectivity index (χ1) is 23.9. The summed E-state index contributed by atoms with van der Waals surface area (Å²) in [5.74, 6) is -0.510. The first-order valence-electron chi connectivity index (χ1n) is 16.5. The predicted octanol–water partition coefficient (Wildman–Crippen LogP) is 7.00. The fourth-order valence-corrected chi connectivity index (χ4v) is 7.96.